The highest BCUT2D eigenvalue weighted by molar-refractivity contribution is 5.99. The van der Waals surface area contributed by atoms with Crippen molar-refractivity contribution in [3.05, 3.63) is 45.8 Å². The summed E-state index contributed by atoms with van der Waals surface area (Å²) in [7, 11) is 0. The third kappa shape index (κ3) is 3.84. The van der Waals surface area contributed by atoms with Crippen LogP contribution < -0.4 is 11.1 Å². The van der Waals surface area contributed by atoms with Crippen molar-refractivity contribution in [2.24, 2.45) is 10.8 Å². The summed E-state index contributed by atoms with van der Waals surface area (Å²) in [5.41, 5.74) is 13.7. The highest BCUT2D eigenvalue weighted by Gasteiger charge is 2.07. The van der Waals surface area contributed by atoms with E-state index in [1.54, 1.807) is 12.1 Å². The van der Waals surface area contributed by atoms with E-state index in [1.807, 2.05) is 0 Å². The first-order valence-electron chi connectivity index (χ1n) is 4.84. The number of carbonyl (C=O) groups excluding carboxylic acids is 2. The predicted octanol–water partition coefficient (Wildman–Crippen LogP) is 0.826. The summed E-state index contributed by atoms with van der Waals surface area (Å²) < 4.78 is 0. The molecular weight excluding hydrogens is 222 g/mol. The lowest BCUT2D eigenvalue weighted by atomic mass is 10.1. The maximum absolute atomic E-state index is 11.6. The van der Waals surface area contributed by atoms with E-state index in [1.165, 1.54) is 12.1 Å². The number of hydrogen-bond donors (Lipinski definition) is 2. The van der Waals surface area contributed by atoms with Crippen LogP contribution in [0.4, 0.5) is 0 Å². The molecule has 0 saturated heterocycles. The smallest absolute Gasteiger partial charge is 0.251 e. The van der Waals surface area contributed by atoms with Crippen LogP contribution in [0.5, 0.6) is 0 Å². The highest BCUT2D eigenvalue weighted by atomic mass is 16.2. The van der Waals surface area contributed by atoms with Crippen LogP contribution in [0.25, 0.3) is 10.4 Å². The molecule has 0 saturated carbocycles. The lowest BCUT2D eigenvalue weighted by Gasteiger charge is -2.04. The van der Waals surface area contributed by atoms with Gasteiger partial charge in [0.25, 0.3) is 5.91 Å². The summed E-state index contributed by atoms with van der Waals surface area (Å²) in [5, 5.41) is 5.82. The lowest BCUT2D eigenvalue weighted by molar-refractivity contribution is 0.0955. The molecular formula is C10H11N5O2. The third-order valence-electron chi connectivity index (χ3n) is 1.97. The van der Waals surface area contributed by atoms with Crippen molar-refractivity contribution < 1.29 is 9.59 Å². The Balaban J connectivity index is 2.65. The van der Waals surface area contributed by atoms with Crippen LogP contribution in [0.1, 0.15) is 20.7 Å². The number of nitrogens with zero attached hydrogens (tertiary/aromatic N) is 3. The van der Waals surface area contributed by atoms with Gasteiger partial charge < -0.3 is 11.1 Å². The minimum absolute atomic E-state index is 0.178. The van der Waals surface area contributed by atoms with E-state index in [0.29, 0.717) is 5.56 Å². The van der Waals surface area contributed by atoms with Gasteiger partial charge in [0, 0.05) is 29.1 Å². The topological polar surface area (TPSA) is 121 Å². The zero-order valence-corrected chi connectivity index (χ0v) is 8.96. The van der Waals surface area contributed by atoms with Crippen molar-refractivity contribution in [1.29, 1.82) is 0 Å². The number of nitrogens with one attached hydrogen (secondary N) is 1. The summed E-state index contributed by atoms with van der Waals surface area (Å²) >= 11 is 0. The first-order chi connectivity index (χ1) is 8.15. The maximum atomic E-state index is 11.6. The number of carbonyl (C=O) groups is 2. The summed E-state index contributed by atoms with van der Waals surface area (Å²) in [6, 6.07) is 6.07. The SMILES string of the molecule is [N-]=[N+]=NCCNC(=O)c1cccc(C(N)=O)c1. The highest BCUT2D eigenvalue weighted by Crippen LogP contribution is 2.04. The average Bonchev–Trinajstić information content (AvgIpc) is 2.34. The van der Waals surface area contributed by atoms with E-state index in [0.717, 1.165) is 0 Å². The standard InChI is InChI=1S/C10H11N5O2/c11-9(16)7-2-1-3-8(6-7)10(17)13-4-5-14-15-12/h1-3,6H,4-5H2,(H2,11,16)(H,13,17). The van der Waals surface area contributed by atoms with E-state index in [9.17, 15) is 9.59 Å². The first kappa shape index (κ1) is 12.5. The summed E-state index contributed by atoms with van der Waals surface area (Å²) in [4.78, 5) is 25.1. The first-order valence-corrected chi connectivity index (χ1v) is 4.84. The van der Waals surface area contributed by atoms with Gasteiger partial charge in [-0.05, 0) is 23.7 Å². The Morgan fingerprint density at radius 3 is 2.76 bits per heavy atom. The van der Waals surface area contributed by atoms with Crippen LogP contribution in [0.3, 0.4) is 0 Å². The molecule has 0 aliphatic carbocycles. The maximum Gasteiger partial charge on any atom is 0.251 e. The van der Waals surface area contributed by atoms with Crippen LogP contribution in [0, 0.1) is 0 Å². The van der Waals surface area contributed by atoms with Crippen molar-refractivity contribution >= 4 is 11.8 Å². The predicted molar refractivity (Wildman–Crippen MR) is 61.3 cm³/mol. The van der Waals surface area contributed by atoms with Gasteiger partial charge in [-0.3, -0.25) is 9.59 Å². The molecule has 0 fully saturated rings. The molecule has 88 valence electrons. The molecule has 0 bridgehead atoms. The van der Waals surface area contributed by atoms with Gasteiger partial charge in [-0.2, -0.15) is 0 Å². The molecule has 0 aliphatic heterocycles. The van der Waals surface area contributed by atoms with Crippen LogP contribution in [0.2, 0.25) is 0 Å². The van der Waals surface area contributed by atoms with E-state index < -0.39 is 5.91 Å². The van der Waals surface area contributed by atoms with Crippen molar-refractivity contribution in [2.45, 2.75) is 0 Å². The molecule has 0 unspecified atom stereocenters. The Morgan fingerprint density at radius 2 is 2.12 bits per heavy atom. The zero-order valence-electron chi connectivity index (χ0n) is 8.96. The molecule has 7 nitrogen and oxygen atoms in total. The Morgan fingerprint density at radius 1 is 1.41 bits per heavy atom. The van der Waals surface area contributed by atoms with Crippen molar-refractivity contribution in [3.8, 4) is 0 Å². The Labute approximate surface area is 97.2 Å². The van der Waals surface area contributed by atoms with Crippen LogP contribution in [-0.4, -0.2) is 24.9 Å². The molecule has 0 spiro atoms. The number of primary amides is 1. The second-order valence-electron chi connectivity index (χ2n) is 3.16. The monoisotopic (exact) mass is 233 g/mol. The molecule has 0 atom stereocenters. The number of rotatable bonds is 5. The largest absolute Gasteiger partial charge is 0.366 e. The number of azide groups is 1. The molecule has 2 amide bonds. The minimum Gasteiger partial charge on any atom is -0.366 e. The van der Waals surface area contributed by atoms with Crippen molar-refractivity contribution in [3.63, 3.8) is 0 Å². The van der Waals surface area contributed by atoms with E-state index >= 15 is 0 Å². The second-order valence-corrected chi connectivity index (χ2v) is 3.16. The quantitative estimate of drug-likeness (QED) is 0.338. The van der Waals surface area contributed by atoms with Gasteiger partial charge in [-0.25, -0.2) is 0 Å². The molecule has 0 radical (unpaired) electrons. The van der Waals surface area contributed by atoms with Gasteiger partial charge in [0.1, 0.15) is 0 Å². The molecule has 1 rings (SSSR count). The molecule has 0 aromatic heterocycles. The Kier molecular flexibility index (Phi) is 4.53. The van der Waals surface area contributed by atoms with Crippen molar-refractivity contribution in [2.75, 3.05) is 13.1 Å². The molecule has 0 heterocycles. The molecule has 7 heteroatoms. The fourth-order valence-electron chi connectivity index (χ4n) is 1.18. The van der Waals surface area contributed by atoms with Crippen LogP contribution >= 0.6 is 0 Å². The second kappa shape index (κ2) is 6.14. The summed E-state index contributed by atoms with van der Waals surface area (Å²) in [6.45, 7) is 0.418. The van der Waals surface area contributed by atoms with Gasteiger partial charge in [0.15, 0.2) is 0 Å². The number of benzene rings is 1. The lowest BCUT2D eigenvalue weighted by Crippen LogP contribution is -2.26. The normalized spacial score (nSPS) is 9.18. The molecule has 1 aromatic rings. The zero-order chi connectivity index (χ0) is 12.7. The fraction of sp³-hybridized carbons (Fsp3) is 0.200. The van der Waals surface area contributed by atoms with Gasteiger partial charge in [0.2, 0.25) is 5.91 Å². The van der Waals surface area contributed by atoms with Gasteiger partial charge in [-0.1, -0.05) is 11.2 Å². The van der Waals surface area contributed by atoms with Gasteiger partial charge in [-0.15, -0.1) is 0 Å². The Bertz CT molecular complexity index is 479. The van der Waals surface area contributed by atoms with Crippen LogP contribution in [-0.2, 0) is 0 Å². The van der Waals surface area contributed by atoms with E-state index in [4.69, 9.17) is 11.3 Å². The fourth-order valence-corrected chi connectivity index (χ4v) is 1.18. The molecule has 3 N–H and O–H groups in total. The Hall–Kier alpha value is -2.53. The molecule has 17 heavy (non-hydrogen) atoms. The van der Waals surface area contributed by atoms with E-state index in [-0.39, 0.29) is 24.6 Å². The van der Waals surface area contributed by atoms with E-state index in [2.05, 4.69) is 15.3 Å². The molecule has 1 aromatic carbocycles. The number of hydrogen-bond acceptors (Lipinski definition) is 3. The summed E-state index contributed by atoms with van der Waals surface area (Å²) in [6.07, 6.45) is 0. The number of amides is 2. The van der Waals surface area contributed by atoms with Crippen LogP contribution in [0.15, 0.2) is 29.4 Å². The third-order valence-corrected chi connectivity index (χ3v) is 1.97. The van der Waals surface area contributed by atoms with Crippen molar-refractivity contribution in [1.82, 2.24) is 5.32 Å². The average molecular weight is 233 g/mol. The van der Waals surface area contributed by atoms with Gasteiger partial charge in [0.05, 0.1) is 0 Å². The van der Waals surface area contributed by atoms with Gasteiger partial charge >= 0.3 is 0 Å². The number of nitrogens with two attached hydrogens (primary N) is 1. The minimum atomic E-state index is -0.589. The molecule has 0 aliphatic rings. The summed E-state index contributed by atoms with van der Waals surface area (Å²) in [5.74, 6) is -0.935.